The van der Waals surface area contributed by atoms with Gasteiger partial charge in [-0.3, -0.25) is 14.5 Å². The van der Waals surface area contributed by atoms with E-state index in [-0.39, 0.29) is 30.8 Å². The van der Waals surface area contributed by atoms with Crippen molar-refractivity contribution in [2.45, 2.75) is 20.3 Å². The number of anilines is 1. The number of rotatable bonds is 7. The van der Waals surface area contributed by atoms with Crippen LogP contribution in [0.4, 0.5) is 10.5 Å². The first kappa shape index (κ1) is 19.1. The number of urea groups is 1. The van der Waals surface area contributed by atoms with Gasteiger partial charge in [-0.1, -0.05) is 25.4 Å². The first-order valence-electron chi connectivity index (χ1n) is 8.15. The quantitative estimate of drug-likeness (QED) is 0.774. The molecule has 0 saturated carbocycles. The Hall–Kier alpha value is -2.28. The van der Waals surface area contributed by atoms with Gasteiger partial charge in [-0.2, -0.15) is 0 Å². The third-order valence-electron chi connectivity index (χ3n) is 3.81. The number of carboxylic acid groups (broad SMARTS) is 1. The molecule has 0 unspecified atom stereocenters. The van der Waals surface area contributed by atoms with E-state index in [4.69, 9.17) is 16.7 Å². The summed E-state index contributed by atoms with van der Waals surface area (Å²) >= 11 is 6.19. The maximum absolute atomic E-state index is 12.8. The van der Waals surface area contributed by atoms with Gasteiger partial charge in [0, 0.05) is 31.7 Å². The molecule has 136 valence electrons. The van der Waals surface area contributed by atoms with Crippen LogP contribution in [0.1, 0.15) is 30.6 Å². The van der Waals surface area contributed by atoms with Crippen LogP contribution in [0.15, 0.2) is 18.2 Å². The van der Waals surface area contributed by atoms with Crippen LogP contribution in [-0.2, 0) is 4.79 Å². The van der Waals surface area contributed by atoms with Crippen molar-refractivity contribution in [1.82, 2.24) is 10.2 Å². The van der Waals surface area contributed by atoms with Crippen LogP contribution < -0.4 is 10.2 Å². The summed E-state index contributed by atoms with van der Waals surface area (Å²) in [7, 11) is 0. The average molecular weight is 368 g/mol. The maximum atomic E-state index is 12.8. The Morgan fingerprint density at radius 1 is 1.40 bits per heavy atom. The predicted octanol–water partition coefficient (Wildman–Crippen LogP) is 2.44. The molecule has 0 bridgehead atoms. The Balaban J connectivity index is 2.26. The summed E-state index contributed by atoms with van der Waals surface area (Å²) in [5, 5.41) is 12.0. The number of amides is 3. The van der Waals surface area contributed by atoms with Crippen LogP contribution in [0.2, 0.25) is 5.02 Å². The van der Waals surface area contributed by atoms with Crippen molar-refractivity contribution in [2.75, 3.05) is 31.1 Å². The maximum Gasteiger partial charge on any atom is 0.322 e. The SMILES string of the molecule is CC(C)CN(CCC(=O)O)C(=O)c1ccc(Cl)c(N2CCNC2=O)c1. The number of carbonyl (C=O) groups is 3. The average Bonchev–Trinajstić information content (AvgIpc) is 2.96. The molecule has 8 heteroatoms. The Bertz CT molecular complexity index is 678. The molecule has 1 aromatic carbocycles. The van der Waals surface area contributed by atoms with Gasteiger partial charge in [0.1, 0.15) is 0 Å². The Labute approximate surface area is 151 Å². The van der Waals surface area contributed by atoms with Crippen LogP contribution in [0, 0.1) is 5.92 Å². The minimum absolute atomic E-state index is 0.118. The molecular formula is C17H22ClN3O4. The van der Waals surface area contributed by atoms with E-state index in [9.17, 15) is 14.4 Å². The normalized spacial score (nSPS) is 13.9. The van der Waals surface area contributed by atoms with E-state index in [1.54, 1.807) is 18.2 Å². The Morgan fingerprint density at radius 3 is 2.68 bits per heavy atom. The fourth-order valence-corrected chi connectivity index (χ4v) is 2.90. The lowest BCUT2D eigenvalue weighted by molar-refractivity contribution is -0.137. The molecule has 1 heterocycles. The van der Waals surface area contributed by atoms with Crippen LogP contribution in [0.3, 0.4) is 0 Å². The predicted molar refractivity (Wildman–Crippen MR) is 95.2 cm³/mol. The molecule has 1 fully saturated rings. The fourth-order valence-electron chi connectivity index (χ4n) is 2.68. The molecule has 1 saturated heterocycles. The molecule has 0 aromatic heterocycles. The fraction of sp³-hybridized carbons (Fsp3) is 0.471. The number of hydrogen-bond acceptors (Lipinski definition) is 3. The second-order valence-electron chi connectivity index (χ2n) is 6.34. The van der Waals surface area contributed by atoms with Crippen LogP contribution in [-0.4, -0.2) is 54.1 Å². The molecule has 0 radical (unpaired) electrons. The van der Waals surface area contributed by atoms with E-state index in [0.717, 1.165) is 0 Å². The first-order valence-corrected chi connectivity index (χ1v) is 8.53. The van der Waals surface area contributed by atoms with Gasteiger partial charge >= 0.3 is 12.0 Å². The van der Waals surface area contributed by atoms with E-state index >= 15 is 0 Å². The zero-order valence-electron chi connectivity index (χ0n) is 14.3. The first-order chi connectivity index (χ1) is 11.8. The number of carboxylic acids is 1. The zero-order chi connectivity index (χ0) is 18.6. The summed E-state index contributed by atoms with van der Waals surface area (Å²) in [6.07, 6.45) is -0.118. The van der Waals surface area contributed by atoms with Crippen molar-refractivity contribution >= 4 is 35.2 Å². The monoisotopic (exact) mass is 367 g/mol. The second-order valence-corrected chi connectivity index (χ2v) is 6.75. The second kappa shape index (κ2) is 8.20. The highest BCUT2D eigenvalue weighted by Crippen LogP contribution is 2.28. The van der Waals surface area contributed by atoms with Crippen LogP contribution in [0.25, 0.3) is 0 Å². The third-order valence-corrected chi connectivity index (χ3v) is 4.13. The van der Waals surface area contributed by atoms with Gasteiger partial charge in [0.05, 0.1) is 17.1 Å². The Kier molecular flexibility index (Phi) is 6.25. The zero-order valence-corrected chi connectivity index (χ0v) is 15.0. The topological polar surface area (TPSA) is 90.0 Å². The molecule has 7 nitrogen and oxygen atoms in total. The molecule has 0 atom stereocenters. The minimum atomic E-state index is -0.952. The van der Waals surface area contributed by atoms with Gasteiger partial charge in [0.15, 0.2) is 0 Å². The van der Waals surface area contributed by atoms with Gasteiger partial charge in [-0.15, -0.1) is 0 Å². The lowest BCUT2D eigenvalue weighted by Gasteiger charge is -2.25. The van der Waals surface area contributed by atoms with Gasteiger partial charge < -0.3 is 15.3 Å². The third kappa shape index (κ3) is 4.85. The van der Waals surface area contributed by atoms with Crippen molar-refractivity contribution < 1.29 is 19.5 Å². The van der Waals surface area contributed by atoms with Crippen LogP contribution in [0.5, 0.6) is 0 Å². The number of nitrogens with one attached hydrogen (secondary N) is 1. The van der Waals surface area contributed by atoms with Crippen molar-refractivity contribution in [2.24, 2.45) is 5.92 Å². The van der Waals surface area contributed by atoms with E-state index in [1.165, 1.54) is 9.80 Å². The number of benzene rings is 1. The highest BCUT2D eigenvalue weighted by molar-refractivity contribution is 6.34. The minimum Gasteiger partial charge on any atom is -0.481 e. The summed E-state index contributed by atoms with van der Waals surface area (Å²) in [5.74, 6) is -1.02. The molecule has 1 aliphatic rings. The van der Waals surface area contributed by atoms with Crippen LogP contribution >= 0.6 is 11.6 Å². The standard InChI is InChI=1S/C17H22ClN3O4/c1-11(2)10-20(7-5-15(22)23)16(24)12-3-4-13(18)14(9-12)21-8-6-19-17(21)25/h3-4,9,11H,5-8,10H2,1-2H3,(H,19,25)(H,22,23). The summed E-state index contributed by atoms with van der Waals surface area (Å²) in [6, 6.07) is 4.51. The molecule has 0 spiro atoms. The lowest BCUT2D eigenvalue weighted by Crippen LogP contribution is -2.36. The van der Waals surface area contributed by atoms with Crippen molar-refractivity contribution in [3.63, 3.8) is 0 Å². The van der Waals surface area contributed by atoms with E-state index < -0.39 is 5.97 Å². The van der Waals surface area contributed by atoms with E-state index in [1.807, 2.05) is 13.8 Å². The van der Waals surface area contributed by atoms with E-state index in [0.29, 0.717) is 35.9 Å². The number of carbonyl (C=O) groups excluding carboxylic acids is 2. The van der Waals surface area contributed by atoms with Crippen molar-refractivity contribution in [3.8, 4) is 0 Å². The van der Waals surface area contributed by atoms with Gasteiger partial charge in [-0.05, 0) is 24.1 Å². The summed E-state index contributed by atoms with van der Waals surface area (Å²) in [5.41, 5.74) is 0.857. The molecule has 1 aliphatic heterocycles. The number of hydrogen-bond donors (Lipinski definition) is 2. The molecule has 2 N–H and O–H groups in total. The van der Waals surface area contributed by atoms with Gasteiger partial charge in [-0.25, -0.2) is 4.79 Å². The molecule has 1 aromatic rings. The molecule has 3 amide bonds. The van der Waals surface area contributed by atoms with Crippen molar-refractivity contribution in [1.29, 1.82) is 0 Å². The highest BCUT2D eigenvalue weighted by Gasteiger charge is 2.25. The van der Waals surface area contributed by atoms with Crippen molar-refractivity contribution in [3.05, 3.63) is 28.8 Å². The smallest absolute Gasteiger partial charge is 0.322 e. The molecule has 25 heavy (non-hydrogen) atoms. The van der Waals surface area contributed by atoms with E-state index in [2.05, 4.69) is 5.32 Å². The summed E-state index contributed by atoms with van der Waals surface area (Å²) in [4.78, 5) is 38.5. The number of aliphatic carboxylic acids is 1. The highest BCUT2D eigenvalue weighted by atomic mass is 35.5. The lowest BCUT2D eigenvalue weighted by atomic mass is 10.1. The molecule has 0 aliphatic carbocycles. The van der Waals surface area contributed by atoms with Gasteiger partial charge in [0.25, 0.3) is 5.91 Å². The molecular weight excluding hydrogens is 346 g/mol. The largest absolute Gasteiger partial charge is 0.481 e. The van der Waals surface area contributed by atoms with Gasteiger partial charge in [0.2, 0.25) is 0 Å². The Morgan fingerprint density at radius 2 is 2.12 bits per heavy atom. The molecule has 2 rings (SSSR count). The number of halogens is 1. The number of nitrogens with zero attached hydrogens (tertiary/aromatic N) is 2. The summed E-state index contributed by atoms with van der Waals surface area (Å²) in [6.45, 7) is 5.50. The summed E-state index contributed by atoms with van der Waals surface area (Å²) < 4.78 is 0.